The number of hydrogen-bond donors (Lipinski definition) is 0. The van der Waals surface area contributed by atoms with E-state index in [0.29, 0.717) is 0 Å². The van der Waals surface area contributed by atoms with E-state index in [1.807, 2.05) is 6.20 Å². The molecule has 6 aromatic carbocycles. The fraction of sp³-hybridized carbons (Fsp3) is 0. The van der Waals surface area contributed by atoms with Crippen molar-refractivity contribution in [1.82, 2.24) is 19.1 Å². The normalized spacial score (nSPS) is 11.9. The number of nitrogens with zero attached hydrogens (tertiary/aromatic N) is 4. The van der Waals surface area contributed by atoms with Crippen LogP contribution in [-0.2, 0) is 0 Å². The van der Waals surface area contributed by atoms with Crippen LogP contribution in [0.4, 0.5) is 0 Å². The minimum absolute atomic E-state index is 0.114. The topological polar surface area (TPSA) is 35.6 Å². The molecule has 0 radical (unpaired) electrons. The average Bonchev–Trinajstić information content (AvgIpc) is 3.85. The summed E-state index contributed by atoms with van der Waals surface area (Å²) >= 11 is 0.114. The Morgan fingerprint density at radius 2 is 1.08 bits per heavy atom. The molecule has 5 heteroatoms. The summed E-state index contributed by atoms with van der Waals surface area (Å²) in [6.45, 7) is 0. The van der Waals surface area contributed by atoms with Gasteiger partial charge in [0.1, 0.15) is 0 Å². The number of para-hydroxylation sites is 5. The molecule has 0 unspecified atom stereocenters. The first-order valence-electron chi connectivity index (χ1n) is 17.2. The molecule has 4 nitrogen and oxygen atoms in total. The Kier molecular flexibility index (Phi) is 6.23. The molecule has 0 aliphatic carbocycles. The van der Waals surface area contributed by atoms with E-state index in [4.69, 9.17) is 9.97 Å². The molecule has 51 heavy (non-hydrogen) atoms. The summed E-state index contributed by atoms with van der Waals surface area (Å²) < 4.78 is 7.32. The molecule has 0 bridgehead atoms. The first kappa shape index (κ1) is 28.6. The molecule has 0 N–H and O–H groups in total. The molecule has 5 heterocycles. The molecule has 0 spiro atoms. The van der Waals surface area contributed by atoms with Crippen molar-refractivity contribution in [3.8, 4) is 33.8 Å². The van der Waals surface area contributed by atoms with Gasteiger partial charge in [0.05, 0.1) is 0 Å². The van der Waals surface area contributed by atoms with E-state index < -0.39 is 0 Å². The van der Waals surface area contributed by atoms with E-state index in [-0.39, 0.29) is 14.5 Å². The van der Waals surface area contributed by atoms with Gasteiger partial charge in [-0.1, -0.05) is 0 Å². The Morgan fingerprint density at radius 3 is 1.86 bits per heavy atom. The number of aromatic nitrogens is 4. The fourth-order valence-corrected chi connectivity index (χ4v) is 10.1. The Bertz CT molecular complexity index is 3130. The van der Waals surface area contributed by atoms with Crippen LogP contribution in [0.25, 0.3) is 96.9 Å². The van der Waals surface area contributed by atoms with Crippen LogP contribution in [0, 0.1) is 0 Å². The molecule has 238 valence electrons. The van der Waals surface area contributed by atoms with E-state index in [1.165, 1.54) is 57.7 Å². The maximum atomic E-state index is 5.30. The van der Waals surface area contributed by atoms with Crippen molar-refractivity contribution < 1.29 is 0 Å². The van der Waals surface area contributed by atoms with Gasteiger partial charge in [-0.15, -0.1) is 0 Å². The molecule has 11 aromatic rings. The number of pyridine rings is 2. The van der Waals surface area contributed by atoms with Gasteiger partial charge >= 0.3 is 301 Å². The van der Waals surface area contributed by atoms with Crippen LogP contribution in [0.15, 0.2) is 170 Å². The predicted octanol–water partition coefficient (Wildman–Crippen LogP) is 11.4. The van der Waals surface area contributed by atoms with Gasteiger partial charge in [0.25, 0.3) is 0 Å². The molecule has 5 aromatic heterocycles. The van der Waals surface area contributed by atoms with Gasteiger partial charge in [-0.2, -0.15) is 0 Å². The summed E-state index contributed by atoms with van der Waals surface area (Å²) in [4.78, 5) is 10.4. The van der Waals surface area contributed by atoms with Gasteiger partial charge in [-0.3, -0.25) is 0 Å². The zero-order valence-corrected chi connectivity index (χ0v) is 29.1. The molecule has 0 saturated heterocycles. The van der Waals surface area contributed by atoms with Gasteiger partial charge in [-0.25, -0.2) is 0 Å². The van der Waals surface area contributed by atoms with Crippen LogP contribution < -0.4 is 0 Å². The summed E-state index contributed by atoms with van der Waals surface area (Å²) in [5, 5.41) is 4.99. The SMILES string of the molecule is c1ccc(-n2c3ccccc3c3ccc(-c4ccc5[se]c6cc(-c7cccc8c9ccccc9n(-c9ccccc9)c78)cnc6c5n4)cc32)cc1. The first-order valence-corrected chi connectivity index (χ1v) is 18.9. The van der Waals surface area contributed by atoms with Gasteiger partial charge in [0.15, 0.2) is 0 Å². The van der Waals surface area contributed by atoms with Gasteiger partial charge in [-0.05, 0) is 0 Å². The van der Waals surface area contributed by atoms with Gasteiger partial charge < -0.3 is 0 Å². The van der Waals surface area contributed by atoms with Gasteiger partial charge in [0.2, 0.25) is 0 Å². The third-order valence-electron chi connectivity index (χ3n) is 10.2. The molecule has 0 atom stereocenters. The molecule has 11 rings (SSSR count). The second-order valence-electron chi connectivity index (χ2n) is 13.0. The number of hydrogen-bond acceptors (Lipinski definition) is 2. The Labute approximate surface area is 299 Å². The minimum atomic E-state index is 0.114. The molecule has 0 amide bonds. The first-order chi connectivity index (χ1) is 25.3. The summed E-state index contributed by atoms with van der Waals surface area (Å²) in [5.74, 6) is 0. The molecule has 0 fully saturated rings. The quantitative estimate of drug-likeness (QED) is 0.170. The molecule has 0 saturated carbocycles. The van der Waals surface area contributed by atoms with Crippen LogP contribution >= 0.6 is 0 Å². The summed E-state index contributed by atoms with van der Waals surface area (Å²) in [7, 11) is 0. The second kappa shape index (κ2) is 11.1. The molecular formula is C46H28N4Se. The van der Waals surface area contributed by atoms with E-state index in [2.05, 4.69) is 173 Å². The van der Waals surface area contributed by atoms with E-state index in [0.717, 1.165) is 39.2 Å². The van der Waals surface area contributed by atoms with Crippen molar-refractivity contribution in [2.24, 2.45) is 0 Å². The standard InChI is InChI=1S/C46H28N4Se/c1-3-12-31(13-4-1)49-39-20-9-7-16-34(39)36-23-22-29(26-41(36)49)38-24-25-42-45(48-38)44-43(51-42)27-30(28-47-44)33-18-11-19-37-35-17-8-10-21-40(35)50(46(33)37)32-14-5-2-6-15-32/h1-28H. The van der Waals surface area contributed by atoms with E-state index in [9.17, 15) is 0 Å². The van der Waals surface area contributed by atoms with E-state index >= 15 is 0 Å². The van der Waals surface area contributed by atoms with Crippen LogP contribution in [0.5, 0.6) is 0 Å². The third-order valence-corrected chi connectivity index (χ3v) is 12.4. The summed E-state index contributed by atoms with van der Waals surface area (Å²) in [5.41, 5.74) is 13.5. The Morgan fingerprint density at radius 1 is 0.431 bits per heavy atom. The number of benzene rings is 6. The van der Waals surface area contributed by atoms with Crippen molar-refractivity contribution in [3.63, 3.8) is 0 Å². The zero-order chi connectivity index (χ0) is 33.5. The summed E-state index contributed by atoms with van der Waals surface area (Å²) in [6.07, 6.45) is 2.05. The second-order valence-corrected chi connectivity index (χ2v) is 15.3. The van der Waals surface area contributed by atoms with Crippen LogP contribution in [-0.4, -0.2) is 33.6 Å². The zero-order valence-electron chi connectivity index (χ0n) is 27.4. The van der Waals surface area contributed by atoms with Crippen molar-refractivity contribution >= 4 is 77.7 Å². The van der Waals surface area contributed by atoms with Crippen molar-refractivity contribution in [2.45, 2.75) is 0 Å². The molecule has 0 aliphatic rings. The Balaban J connectivity index is 1.07. The van der Waals surface area contributed by atoms with E-state index in [1.54, 1.807) is 0 Å². The van der Waals surface area contributed by atoms with Crippen molar-refractivity contribution in [2.75, 3.05) is 0 Å². The van der Waals surface area contributed by atoms with Crippen LogP contribution in [0.1, 0.15) is 0 Å². The fourth-order valence-electron chi connectivity index (χ4n) is 7.91. The van der Waals surface area contributed by atoms with Crippen LogP contribution in [0.3, 0.4) is 0 Å². The number of rotatable bonds is 4. The monoisotopic (exact) mass is 716 g/mol. The number of fused-ring (bicyclic) bond motifs is 9. The molecular weight excluding hydrogens is 687 g/mol. The van der Waals surface area contributed by atoms with Crippen molar-refractivity contribution in [1.29, 1.82) is 0 Å². The van der Waals surface area contributed by atoms with Crippen molar-refractivity contribution in [3.05, 3.63) is 170 Å². The average molecular weight is 716 g/mol. The van der Waals surface area contributed by atoms with Crippen LogP contribution in [0.2, 0.25) is 0 Å². The van der Waals surface area contributed by atoms with Gasteiger partial charge in [0, 0.05) is 0 Å². The predicted molar refractivity (Wildman–Crippen MR) is 214 cm³/mol. The molecule has 0 aliphatic heterocycles. The Hall–Kier alpha value is -6.26. The summed E-state index contributed by atoms with van der Waals surface area (Å²) in [6, 6.07) is 58.8. The maximum absolute atomic E-state index is 5.30. The third kappa shape index (κ3) is 4.32.